The lowest BCUT2D eigenvalue weighted by Crippen LogP contribution is -2.42. The second-order valence-corrected chi connectivity index (χ2v) is 4.27. The Kier molecular flexibility index (Phi) is 6.29. The summed E-state index contributed by atoms with van der Waals surface area (Å²) < 4.78 is 5.30. The third-order valence-corrected chi connectivity index (χ3v) is 2.74. The highest BCUT2D eigenvalue weighted by Gasteiger charge is 2.18. The van der Waals surface area contributed by atoms with Crippen molar-refractivity contribution in [2.45, 2.75) is 25.8 Å². The number of benzene rings is 1. The molecule has 0 saturated carbocycles. The largest absolute Gasteiger partial charge is 0.484 e. The average Bonchev–Trinajstić information content (AvgIpc) is 2.45. The third kappa shape index (κ3) is 5.14. The van der Waals surface area contributed by atoms with Gasteiger partial charge in [-0.3, -0.25) is 4.79 Å². The van der Waals surface area contributed by atoms with Crippen molar-refractivity contribution in [1.82, 2.24) is 5.32 Å². The van der Waals surface area contributed by atoms with Crippen molar-refractivity contribution < 1.29 is 19.4 Å². The number of rotatable bonds is 8. The number of carbonyl (C=O) groups excluding carboxylic acids is 1. The SMILES string of the molecule is C=CCC(NC(=O)COc1ccc(CC)cc1)C(=O)O. The molecule has 0 aliphatic carbocycles. The van der Waals surface area contributed by atoms with E-state index in [2.05, 4.69) is 18.8 Å². The van der Waals surface area contributed by atoms with Crippen LogP contribution < -0.4 is 10.1 Å². The van der Waals surface area contributed by atoms with Gasteiger partial charge in [0, 0.05) is 0 Å². The lowest BCUT2D eigenvalue weighted by Gasteiger charge is -2.13. The molecule has 2 N–H and O–H groups in total. The number of aryl methyl sites for hydroxylation is 1. The first kappa shape index (κ1) is 15.8. The summed E-state index contributed by atoms with van der Waals surface area (Å²) in [6, 6.07) is 6.44. The molecule has 108 valence electrons. The second kappa shape index (κ2) is 7.99. The zero-order chi connectivity index (χ0) is 15.0. The fourth-order valence-electron chi connectivity index (χ4n) is 1.59. The summed E-state index contributed by atoms with van der Waals surface area (Å²) >= 11 is 0. The van der Waals surface area contributed by atoms with Gasteiger partial charge in [-0.15, -0.1) is 6.58 Å². The Morgan fingerprint density at radius 3 is 2.55 bits per heavy atom. The molecule has 1 aromatic rings. The summed E-state index contributed by atoms with van der Waals surface area (Å²) in [5, 5.41) is 11.3. The minimum absolute atomic E-state index is 0.173. The van der Waals surface area contributed by atoms with Crippen LogP contribution in [0.5, 0.6) is 5.75 Å². The monoisotopic (exact) mass is 277 g/mol. The molecular formula is C15H19NO4. The molecule has 0 fully saturated rings. The fraction of sp³-hybridized carbons (Fsp3) is 0.333. The summed E-state index contributed by atoms with van der Waals surface area (Å²) in [6.07, 6.45) is 2.55. The van der Waals surface area contributed by atoms with E-state index in [1.807, 2.05) is 12.1 Å². The van der Waals surface area contributed by atoms with E-state index in [9.17, 15) is 9.59 Å². The topological polar surface area (TPSA) is 75.6 Å². The summed E-state index contributed by atoms with van der Waals surface area (Å²) in [5.41, 5.74) is 1.18. The van der Waals surface area contributed by atoms with Crippen LogP contribution in [0.3, 0.4) is 0 Å². The van der Waals surface area contributed by atoms with Gasteiger partial charge in [-0.05, 0) is 30.5 Å². The number of amides is 1. The third-order valence-electron chi connectivity index (χ3n) is 2.74. The highest BCUT2D eigenvalue weighted by Crippen LogP contribution is 2.12. The first-order valence-electron chi connectivity index (χ1n) is 6.41. The molecule has 0 bridgehead atoms. The number of carbonyl (C=O) groups is 2. The Hall–Kier alpha value is -2.30. The van der Waals surface area contributed by atoms with Crippen molar-refractivity contribution in [2.75, 3.05) is 6.61 Å². The molecule has 0 aliphatic rings. The molecule has 1 amide bonds. The Bertz CT molecular complexity index is 467. The standard InChI is InChI=1S/C15H19NO4/c1-3-5-13(15(18)19)16-14(17)10-20-12-8-6-11(4-2)7-9-12/h3,6-9,13H,1,4-5,10H2,2H3,(H,16,17)(H,18,19). The first-order chi connectivity index (χ1) is 9.56. The molecule has 0 aliphatic heterocycles. The molecule has 5 nitrogen and oxygen atoms in total. The molecule has 1 rings (SSSR count). The van der Waals surface area contributed by atoms with Gasteiger partial charge < -0.3 is 15.2 Å². The number of hydrogen-bond donors (Lipinski definition) is 2. The predicted molar refractivity (Wildman–Crippen MR) is 75.7 cm³/mol. The Morgan fingerprint density at radius 1 is 1.40 bits per heavy atom. The van der Waals surface area contributed by atoms with Crippen LogP contribution in [0, 0.1) is 0 Å². The second-order valence-electron chi connectivity index (χ2n) is 4.27. The van der Waals surface area contributed by atoms with E-state index in [0.717, 1.165) is 6.42 Å². The van der Waals surface area contributed by atoms with Gasteiger partial charge >= 0.3 is 5.97 Å². The van der Waals surface area contributed by atoms with Gasteiger partial charge in [0.05, 0.1) is 0 Å². The smallest absolute Gasteiger partial charge is 0.326 e. The van der Waals surface area contributed by atoms with Gasteiger partial charge in [0.1, 0.15) is 11.8 Å². The van der Waals surface area contributed by atoms with Crippen LogP contribution in [0.2, 0.25) is 0 Å². The maximum absolute atomic E-state index is 11.6. The molecule has 0 radical (unpaired) electrons. The van der Waals surface area contributed by atoms with Gasteiger partial charge in [-0.1, -0.05) is 25.1 Å². The van der Waals surface area contributed by atoms with Crippen molar-refractivity contribution >= 4 is 11.9 Å². The number of carboxylic acid groups (broad SMARTS) is 1. The summed E-state index contributed by atoms with van der Waals surface area (Å²) in [6.45, 7) is 5.29. The van der Waals surface area contributed by atoms with E-state index >= 15 is 0 Å². The van der Waals surface area contributed by atoms with E-state index < -0.39 is 17.9 Å². The van der Waals surface area contributed by atoms with Crippen molar-refractivity contribution in [1.29, 1.82) is 0 Å². The van der Waals surface area contributed by atoms with Crippen LogP contribution in [0.15, 0.2) is 36.9 Å². The normalized spacial score (nSPS) is 11.4. The predicted octanol–water partition coefficient (Wildman–Crippen LogP) is 1.77. The van der Waals surface area contributed by atoms with Gasteiger partial charge in [0.2, 0.25) is 0 Å². The van der Waals surface area contributed by atoms with Crippen molar-refractivity contribution in [3.63, 3.8) is 0 Å². The van der Waals surface area contributed by atoms with E-state index in [0.29, 0.717) is 5.75 Å². The van der Waals surface area contributed by atoms with Crippen molar-refractivity contribution in [3.8, 4) is 5.75 Å². The van der Waals surface area contributed by atoms with Crippen LogP contribution in [-0.2, 0) is 16.0 Å². The summed E-state index contributed by atoms with van der Waals surface area (Å²) in [7, 11) is 0. The van der Waals surface area contributed by atoms with E-state index in [1.165, 1.54) is 11.6 Å². The van der Waals surface area contributed by atoms with E-state index in [4.69, 9.17) is 9.84 Å². The zero-order valence-corrected chi connectivity index (χ0v) is 11.5. The Labute approximate surface area is 118 Å². The molecule has 1 atom stereocenters. The van der Waals surface area contributed by atoms with Crippen LogP contribution in [-0.4, -0.2) is 29.6 Å². The fourth-order valence-corrected chi connectivity index (χ4v) is 1.59. The quantitative estimate of drug-likeness (QED) is 0.710. The van der Waals surface area contributed by atoms with Crippen molar-refractivity contribution in [2.24, 2.45) is 0 Å². The molecule has 0 spiro atoms. The number of ether oxygens (including phenoxy) is 1. The highest BCUT2D eigenvalue weighted by molar-refractivity contribution is 5.84. The van der Waals surface area contributed by atoms with E-state index in [1.54, 1.807) is 12.1 Å². The number of aliphatic carboxylic acids is 1. The molecule has 0 saturated heterocycles. The van der Waals surface area contributed by atoms with Gasteiger partial charge in [0.15, 0.2) is 6.61 Å². The molecule has 1 aromatic carbocycles. The lowest BCUT2D eigenvalue weighted by atomic mass is 10.2. The van der Waals surface area contributed by atoms with Crippen LogP contribution in [0.4, 0.5) is 0 Å². The van der Waals surface area contributed by atoms with Gasteiger partial charge in [0.25, 0.3) is 5.91 Å². The van der Waals surface area contributed by atoms with Crippen LogP contribution in [0.25, 0.3) is 0 Å². The number of carboxylic acids is 1. The maximum Gasteiger partial charge on any atom is 0.326 e. The molecule has 5 heteroatoms. The zero-order valence-electron chi connectivity index (χ0n) is 11.5. The van der Waals surface area contributed by atoms with Gasteiger partial charge in [-0.25, -0.2) is 4.79 Å². The van der Waals surface area contributed by atoms with E-state index in [-0.39, 0.29) is 13.0 Å². The van der Waals surface area contributed by atoms with Crippen LogP contribution in [0.1, 0.15) is 18.9 Å². The molecule has 0 aromatic heterocycles. The Morgan fingerprint density at radius 2 is 2.05 bits per heavy atom. The van der Waals surface area contributed by atoms with Gasteiger partial charge in [-0.2, -0.15) is 0 Å². The average molecular weight is 277 g/mol. The molecule has 0 heterocycles. The lowest BCUT2D eigenvalue weighted by molar-refractivity contribution is -0.142. The highest BCUT2D eigenvalue weighted by atomic mass is 16.5. The summed E-state index contributed by atoms with van der Waals surface area (Å²) in [4.78, 5) is 22.5. The first-order valence-corrected chi connectivity index (χ1v) is 6.41. The van der Waals surface area contributed by atoms with Crippen molar-refractivity contribution in [3.05, 3.63) is 42.5 Å². The summed E-state index contributed by atoms with van der Waals surface area (Å²) in [5.74, 6) is -0.989. The maximum atomic E-state index is 11.6. The number of nitrogens with one attached hydrogen (secondary N) is 1. The molecule has 20 heavy (non-hydrogen) atoms. The molecule has 1 unspecified atom stereocenters. The van der Waals surface area contributed by atoms with Crippen LogP contribution >= 0.6 is 0 Å². The Balaban J connectivity index is 2.45. The molecular weight excluding hydrogens is 258 g/mol. The number of hydrogen-bond acceptors (Lipinski definition) is 3. The minimum Gasteiger partial charge on any atom is -0.484 e. The minimum atomic E-state index is -1.09.